The topological polar surface area (TPSA) is 79.9 Å². The molecule has 0 bridgehead atoms. The van der Waals surface area contributed by atoms with Gasteiger partial charge in [-0.2, -0.15) is 0 Å². The van der Waals surface area contributed by atoms with E-state index in [-0.39, 0.29) is 30.3 Å². The number of anilines is 1. The fourth-order valence-electron chi connectivity index (χ4n) is 3.13. The Morgan fingerprint density at radius 2 is 2.04 bits per heavy atom. The smallest absolute Gasteiger partial charge is 0.254 e. The third-order valence-electron chi connectivity index (χ3n) is 4.24. The molecular weight excluding hydrogens is 358 g/mol. The number of halogens is 1. The Morgan fingerprint density at radius 1 is 1.31 bits per heavy atom. The number of rotatable bonds is 7. The molecule has 0 aliphatic carbocycles. The highest BCUT2D eigenvalue weighted by atomic mass is 35.5. The van der Waals surface area contributed by atoms with Gasteiger partial charge in [0.25, 0.3) is 5.91 Å². The van der Waals surface area contributed by atoms with Crippen LogP contribution in [0.15, 0.2) is 12.1 Å². The molecule has 146 valence electrons. The summed E-state index contributed by atoms with van der Waals surface area (Å²) >= 11 is 0. The molecule has 0 saturated carbocycles. The molecule has 1 aliphatic heterocycles. The molecule has 1 aromatic carbocycles. The van der Waals surface area contributed by atoms with Crippen molar-refractivity contribution >= 4 is 29.9 Å². The van der Waals surface area contributed by atoms with Crippen LogP contribution in [-0.4, -0.2) is 56.6 Å². The number of benzene rings is 1. The molecule has 1 aromatic rings. The normalized spacial score (nSPS) is 15.8. The lowest BCUT2D eigenvalue weighted by molar-refractivity contribution is -0.114. The van der Waals surface area contributed by atoms with Crippen LogP contribution in [0, 0.1) is 0 Å². The Bertz CT molecular complexity index is 633. The number of nitrogens with zero attached hydrogens (tertiary/aromatic N) is 1. The maximum Gasteiger partial charge on any atom is 0.254 e. The van der Waals surface area contributed by atoms with Gasteiger partial charge in [0, 0.05) is 31.6 Å². The number of carbonyl (C=O) groups excluding carboxylic acids is 2. The van der Waals surface area contributed by atoms with Gasteiger partial charge in [-0.3, -0.25) is 9.59 Å². The first-order chi connectivity index (χ1) is 12.0. The first-order valence-electron chi connectivity index (χ1n) is 8.57. The summed E-state index contributed by atoms with van der Waals surface area (Å²) in [5, 5.41) is 6.01. The van der Waals surface area contributed by atoms with E-state index in [4.69, 9.17) is 9.47 Å². The van der Waals surface area contributed by atoms with Crippen LogP contribution in [-0.2, 0) is 4.79 Å². The molecule has 1 heterocycles. The van der Waals surface area contributed by atoms with Gasteiger partial charge in [-0.05, 0) is 31.5 Å². The van der Waals surface area contributed by atoms with Crippen molar-refractivity contribution in [2.45, 2.75) is 32.7 Å². The quantitative estimate of drug-likeness (QED) is 0.752. The van der Waals surface area contributed by atoms with Crippen molar-refractivity contribution in [1.29, 1.82) is 0 Å². The molecule has 1 aliphatic rings. The maximum absolute atomic E-state index is 13.1. The molecule has 1 fully saturated rings. The summed E-state index contributed by atoms with van der Waals surface area (Å²) in [6.45, 7) is 5.88. The average molecular weight is 386 g/mol. The zero-order valence-electron chi connectivity index (χ0n) is 15.8. The van der Waals surface area contributed by atoms with Crippen LogP contribution in [0.2, 0.25) is 0 Å². The highest BCUT2D eigenvalue weighted by Gasteiger charge is 2.28. The van der Waals surface area contributed by atoms with Crippen LogP contribution in [0.25, 0.3) is 0 Å². The van der Waals surface area contributed by atoms with Gasteiger partial charge >= 0.3 is 0 Å². The predicted molar refractivity (Wildman–Crippen MR) is 104 cm³/mol. The van der Waals surface area contributed by atoms with E-state index in [1.165, 1.54) is 21.1 Å². The van der Waals surface area contributed by atoms with Gasteiger partial charge in [0.2, 0.25) is 5.91 Å². The molecule has 26 heavy (non-hydrogen) atoms. The summed E-state index contributed by atoms with van der Waals surface area (Å²) in [4.78, 5) is 26.5. The Labute approximate surface area is 160 Å². The minimum Gasteiger partial charge on any atom is -0.493 e. The Balaban J connectivity index is 0.00000338. The van der Waals surface area contributed by atoms with E-state index in [0.717, 1.165) is 25.9 Å². The van der Waals surface area contributed by atoms with Gasteiger partial charge in [-0.1, -0.05) is 6.92 Å². The van der Waals surface area contributed by atoms with Crippen LogP contribution >= 0.6 is 12.4 Å². The van der Waals surface area contributed by atoms with E-state index >= 15 is 0 Å². The third kappa shape index (κ3) is 5.02. The first-order valence-corrected chi connectivity index (χ1v) is 8.57. The van der Waals surface area contributed by atoms with Crippen LogP contribution in [0.3, 0.4) is 0 Å². The van der Waals surface area contributed by atoms with Crippen molar-refractivity contribution in [3.05, 3.63) is 17.7 Å². The predicted octanol–water partition coefficient (Wildman–Crippen LogP) is 2.30. The Kier molecular flexibility index (Phi) is 8.68. The van der Waals surface area contributed by atoms with Gasteiger partial charge in [0.1, 0.15) is 0 Å². The molecule has 0 spiro atoms. The van der Waals surface area contributed by atoms with Gasteiger partial charge in [-0.25, -0.2) is 0 Å². The number of hydrogen-bond acceptors (Lipinski definition) is 5. The zero-order valence-corrected chi connectivity index (χ0v) is 16.6. The summed E-state index contributed by atoms with van der Waals surface area (Å²) in [6.07, 6.45) is 1.83. The minimum absolute atomic E-state index is 0. The van der Waals surface area contributed by atoms with Crippen LogP contribution in [0.5, 0.6) is 11.5 Å². The molecular formula is C18H28ClN3O4. The van der Waals surface area contributed by atoms with Crippen molar-refractivity contribution < 1.29 is 19.1 Å². The Hall–Kier alpha value is -1.99. The minimum atomic E-state index is -0.240. The van der Waals surface area contributed by atoms with Crippen LogP contribution < -0.4 is 20.1 Å². The van der Waals surface area contributed by atoms with E-state index in [2.05, 4.69) is 17.6 Å². The molecule has 1 atom stereocenters. The molecule has 1 saturated heterocycles. The average Bonchev–Trinajstić information content (AvgIpc) is 3.12. The van der Waals surface area contributed by atoms with Crippen molar-refractivity contribution in [2.75, 3.05) is 39.2 Å². The lowest BCUT2D eigenvalue weighted by Gasteiger charge is -2.29. The highest BCUT2D eigenvalue weighted by Crippen LogP contribution is 2.37. The van der Waals surface area contributed by atoms with Crippen molar-refractivity contribution in [2.24, 2.45) is 0 Å². The monoisotopic (exact) mass is 385 g/mol. The molecule has 0 radical (unpaired) electrons. The lowest BCUT2D eigenvalue weighted by Crippen LogP contribution is -2.42. The molecule has 1 unspecified atom stereocenters. The summed E-state index contributed by atoms with van der Waals surface area (Å²) in [7, 11) is 3.01. The molecule has 2 rings (SSSR count). The fourth-order valence-corrected chi connectivity index (χ4v) is 3.13. The number of hydrogen-bond donors (Lipinski definition) is 2. The lowest BCUT2D eigenvalue weighted by atomic mass is 10.1. The van der Waals surface area contributed by atoms with E-state index < -0.39 is 0 Å². The summed E-state index contributed by atoms with van der Waals surface area (Å²) in [5.41, 5.74) is 0.903. The molecule has 8 heteroatoms. The molecule has 0 aromatic heterocycles. The van der Waals surface area contributed by atoms with Crippen LogP contribution in [0.1, 0.15) is 37.0 Å². The fraction of sp³-hybridized carbons (Fsp3) is 0.556. The van der Waals surface area contributed by atoms with Gasteiger partial charge in [0.15, 0.2) is 11.5 Å². The number of methoxy groups -OCH3 is 2. The summed E-state index contributed by atoms with van der Waals surface area (Å²) < 4.78 is 10.7. The SMILES string of the molecule is CCCN(C(=O)c1cc(NC(C)=O)c(OC)c(OC)c1)C1CCNC1.Cl. The van der Waals surface area contributed by atoms with E-state index in [0.29, 0.717) is 29.3 Å². The second-order valence-corrected chi connectivity index (χ2v) is 6.09. The van der Waals surface area contributed by atoms with Gasteiger partial charge < -0.3 is 25.0 Å². The number of carbonyl (C=O) groups is 2. The van der Waals surface area contributed by atoms with E-state index in [1.807, 2.05) is 4.90 Å². The first kappa shape index (κ1) is 22.1. The maximum atomic E-state index is 13.1. The van der Waals surface area contributed by atoms with E-state index in [1.54, 1.807) is 12.1 Å². The Morgan fingerprint density at radius 3 is 2.54 bits per heavy atom. The molecule has 7 nitrogen and oxygen atoms in total. The summed E-state index contributed by atoms with van der Waals surface area (Å²) in [6, 6.07) is 3.50. The van der Waals surface area contributed by atoms with Crippen molar-refractivity contribution in [3.63, 3.8) is 0 Å². The standard InChI is InChI=1S/C18H27N3O4.ClH/c1-5-8-21(14-6-7-19-11-14)18(23)13-9-15(20-12(2)22)17(25-4)16(10-13)24-3;/h9-10,14,19H,5-8,11H2,1-4H3,(H,20,22);1H. The number of nitrogens with one attached hydrogen (secondary N) is 2. The summed E-state index contributed by atoms with van der Waals surface area (Å²) in [5.74, 6) is 0.510. The third-order valence-corrected chi connectivity index (χ3v) is 4.24. The molecule has 2 N–H and O–H groups in total. The van der Waals surface area contributed by atoms with Gasteiger partial charge in [-0.15, -0.1) is 12.4 Å². The second-order valence-electron chi connectivity index (χ2n) is 6.09. The van der Waals surface area contributed by atoms with E-state index in [9.17, 15) is 9.59 Å². The largest absolute Gasteiger partial charge is 0.493 e. The van der Waals surface area contributed by atoms with Crippen molar-refractivity contribution in [3.8, 4) is 11.5 Å². The van der Waals surface area contributed by atoms with Gasteiger partial charge in [0.05, 0.1) is 19.9 Å². The zero-order chi connectivity index (χ0) is 18.4. The second kappa shape index (κ2) is 10.2. The highest BCUT2D eigenvalue weighted by molar-refractivity contribution is 5.99. The van der Waals surface area contributed by atoms with Crippen molar-refractivity contribution in [1.82, 2.24) is 10.2 Å². The number of amides is 2. The van der Waals surface area contributed by atoms with Crippen LogP contribution in [0.4, 0.5) is 5.69 Å². The molecule has 2 amide bonds. The number of ether oxygens (including phenoxy) is 2.